The highest BCUT2D eigenvalue weighted by molar-refractivity contribution is 5.85. The van der Waals surface area contributed by atoms with Gasteiger partial charge in [0.05, 0.1) is 12.6 Å². The van der Waals surface area contributed by atoms with Crippen LogP contribution >= 0.6 is 12.4 Å². The van der Waals surface area contributed by atoms with Crippen molar-refractivity contribution in [3.63, 3.8) is 0 Å². The lowest BCUT2D eigenvalue weighted by molar-refractivity contribution is -0.126. The van der Waals surface area contributed by atoms with Gasteiger partial charge < -0.3 is 20.5 Å². The largest absolute Gasteiger partial charge is 0.493 e. The number of nitrogens with two attached hydrogens (primary N) is 1. The minimum Gasteiger partial charge on any atom is -0.493 e. The lowest BCUT2D eigenvalue weighted by atomic mass is 9.96. The van der Waals surface area contributed by atoms with Crippen molar-refractivity contribution in [3.05, 3.63) is 23.8 Å². The van der Waals surface area contributed by atoms with Gasteiger partial charge in [-0.1, -0.05) is 19.4 Å². The van der Waals surface area contributed by atoms with E-state index in [1.807, 2.05) is 6.92 Å². The van der Waals surface area contributed by atoms with Crippen LogP contribution < -0.4 is 20.5 Å². The number of halogens is 3. The lowest BCUT2D eigenvalue weighted by Gasteiger charge is -2.22. The number of carbonyl (C=O) groups excluding carboxylic acids is 1. The summed E-state index contributed by atoms with van der Waals surface area (Å²) < 4.78 is 34.2. The highest BCUT2D eigenvalue weighted by Gasteiger charge is 2.26. The first-order valence-corrected chi connectivity index (χ1v) is 7.49. The van der Waals surface area contributed by atoms with Gasteiger partial charge in [0.25, 0.3) is 0 Å². The highest BCUT2D eigenvalue weighted by Crippen LogP contribution is 2.29. The molecule has 0 radical (unpaired) electrons. The van der Waals surface area contributed by atoms with Crippen LogP contribution in [0.15, 0.2) is 18.2 Å². The van der Waals surface area contributed by atoms with Crippen LogP contribution in [0.25, 0.3) is 0 Å². The molecule has 0 saturated heterocycles. The van der Waals surface area contributed by atoms with Gasteiger partial charge in [0, 0.05) is 6.54 Å². The van der Waals surface area contributed by atoms with Crippen LogP contribution in [0.5, 0.6) is 11.5 Å². The van der Waals surface area contributed by atoms with Gasteiger partial charge in [-0.3, -0.25) is 4.79 Å². The number of carbonyl (C=O) groups is 1. The zero-order valence-electron chi connectivity index (χ0n) is 14.1. The molecule has 1 aromatic rings. The number of methoxy groups -OCH3 is 1. The molecule has 0 aliphatic carbocycles. The Kier molecular flexibility index (Phi) is 9.62. The number of ether oxygens (including phenoxy) is 2. The second kappa shape index (κ2) is 10.3. The van der Waals surface area contributed by atoms with E-state index in [1.54, 1.807) is 19.1 Å². The van der Waals surface area contributed by atoms with Gasteiger partial charge in [0.15, 0.2) is 11.5 Å². The van der Waals surface area contributed by atoms with Crippen molar-refractivity contribution < 1.29 is 23.0 Å². The third-order valence-electron chi connectivity index (χ3n) is 3.43. The zero-order chi connectivity index (χ0) is 17.5. The molecule has 138 valence electrons. The van der Waals surface area contributed by atoms with Crippen LogP contribution in [-0.2, 0) is 11.2 Å². The molecule has 1 unspecified atom stereocenters. The molecule has 0 aromatic heterocycles. The molecule has 0 heterocycles. The molecule has 0 aliphatic heterocycles. The summed E-state index contributed by atoms with van der Waals surface area (Å²) in [5.41, 5.74) is 5.78. The van der Waals surface area contributed by atoms with Gasteiger partial charge in [-0.2, -0.15) is 8.78 Å². The molecule has 0 aliphatic rings. The molecule has 0 saturated carbocycles. The van der Waals surface area contributed by atoms with Gasteiger partial charge in [0.1, 0.15) is 0 Å². The number of benzene rings is 1. The molecule has 1 aromatic carbocycles. The Hall–Kier alpha value is -1.60. The summed E-state index contributed by atoms with van der Waals surface area (Å²) in [7, 11) is 1.38. The van der Waals surface area contributed by atoms with Crippen molar-refractivity contribution in [1.29, 1.82) is 0 Å². The van der Waals surface area contributed by atoms with E-state index in [9.17, 15) is 13.6 Å². The standard InChI is InChI=1S/C16H24F2N2O3.ClH/c1-4-8-16(2,19)14(21)20-9-7-11-5-6-12(22-3)13(10-11)23-15(17)18;/h5-6,10,15H,4,7-9,19H2,1-3H3,(H,20,21);1H. The average Bonchev–Trinajstić information content (AvgIpc) is 2.46. The fraction of sp³-hybridized carbons (Fsp3) is 0.562. The van der Waals surface area contributed by atoms with Crippen LogP contribution in [-0.4, -0.2) is 31.7 Å². The van der Waals surface area contributed by atoms with Crippen LogP contribution in [0.1, 0.15) is 32.3 Å². The minimum atomic E-state index is -2.93. The predicted molar refractivity (Wildman–Crippen MR) is 91.1 cm³/mol. The van der Waals surface area contributed by atoms with Crippen molar-refractivity contribution in [1.82, 2.24) is 5.32 Å². The summed E-state index contributed by atoms with van der Waals surface area (Å²) in [6, 6.07) is 4.76. The van der Waals surface area contributed by atoms with Gasteiger partial charge >= 0.3 is 6.61 Å². The van der Waals surface area contributed by atoms with E-state index in [-0.39, 0.29) is 29.8 Å². The molecule has 0 spiro atoms. The molecule has 1 amide bonds. The summed E-state index contributed by atoms with van der Waals surface area (Å²) in [6.45, 7) is 1.08. The van der Waals surface area contributed by atoms with Crippen LogP contribution in [0, 0.1) is 0 Å². The Morgan fingerprint density at radius 1 is 1.38 bits per heavy atom. The van der Waals surface area contributed by atoms with Crippen molar-refractivity contribution in [2.45, 2.75) is 45.3 Å². The van der Waals surface area contributed by atoms with E-state index < -0.39 is 12.2 Å². The van der Waals surface area contributed by atoms with Crippen LogP contribution in [0.2, 0.25) is 0 Å². The van der Waals surface area contributed by atoms with E-state index in [0.717, 1.165) is 12.0 Å². The van der Waals surface area contributed by atoms with Crippen LogP contribution in [0.3, 0.4) is 0 Å². The summed E-state index contributed by atoms with van der Waals surface area (Å²) >= 11 is 0. The Bertz CT molecular complexity index is 528. The zero-order valence-corrected chi connectivity index (χ0v) is 14.9. The topological polar surface area (TPSA) is 73.6 Å². The van der Waals surface area contributed by atoms with Crippen molar-refractivity contribution in [3.8, 4) is 11.5 Å². The lowest BCUT2D eigenvalue weighted by Crippen LogP contribution is -2.51. The molecule has 0 fully saturated rings. The molecule has 5 nitrogen and oxygen atoms in total. The Labute approximate surface area is 147 Å². The quantitative estimate of drug-likeness (QED) is 0.704. The first-order valence-electron chi connectivity index (χ1n) is 7.49. The van der Waals surface area contributed by atoms with Crippen molar-refractivity contribution in [2.75, 3.05) is 13.7 Å². The molecule has 0 bridgehead atoms. The fourth-order valence-electron chi connectivity index (χ4n) is 2.22. The summed E-state index contributed by atoms with van der Waals surface area (Å²) in [4.78, 5) is 12.0. The summed E-state index contributed by atoms with van der Waals surface area (Å²) in [6.07, 6.45) is 1.87. The first-order chi connectivity index (χ1) is 10.8. The SMILES string of the molecule is CCCC(C)(N)C(=O)NCCc1ccc(OC)c(OC(F)F)c1.Cl. The van der Waals surface area contributed by atoms with Gasteiger partial charge in [-0.05, 0) is 37.5 Å². The number of hydrogen-bond donors (Lipinski definition) is 2. The Morgan fingerprint density at radius 3 is 2.58 bits per heavy atom. The number of rotatable bonds is 9. The molecular weight excluding hydrogens is 342 g/mol. The Balaban J connectivity index is 0.00000529. The van der Waals surface area contributed by atoms with Crippen molar-refractivity contribution in [2.24, 2.45) is 5.73 Å². The molecule has 1 rings (SSSR count). The second-order valence-electron chi connectivity index (χ2n) is 5.54. The fourth-order valence-corrected chi connectivity index (χ4v) is 2.22. The predicted octanol–water partition coefficient (Wildman–Crippen LogP) is 2.89. The third kappa shape index (κ3) is 6.88. The maximum atomic E-state index is 12.4. The van der Waals surface area contributed by atoms with E-state index in [0.29, 0.717) is 19.4 Å². The molecule has 3 N–H and O–H groups in total. The second-order valence-corrected chi connectivity index (χ2v) is 5.54. The molecule has 8 heteroatoms. The molecule has 1 atom stereocenters. The maximum Gasteiger partial charge on any atom is 0.387 e. The highest BCUT2D eigenvalue weighted by atomic mass is 35.5. The number of amides is 1. The molecular formula is C16H25ClF2N2O3. The number of hydrogen-bond acceptors (Lipinski definition) is 4. The third-order valence-corrected chi connectivity index (χ3v) is 3.43. The summed E-state index contributed by atoms with van der Waals surface area (Å²) in [5, 5.41) is 2.76. The smallest absolute Gasteiger partial charge is 0.387 e. The molecule has 24 heavy (non-hydrogen) atoms. The normalized spacial score (nSPS) is 13.0. The average molecular weight is 367 g/mol. The van der Waals surface area contributed by atoms with Crippen molar-refractivity contribution >= 4 is 18.3 Å². The monoisotopic (exact) mass is 366 g/mol. The minimum absolute atomic E-state index is 0. The van der Waals surface area contributed by atoms with E-state index >= 15 is 0 Å². The van der Waals surface area contributed by atoms with Gasteiger partial charge in [-0.15, -0.1) is 12.4 Å². The van der Waals surface area contributed by atoms with E-state index in [2.05, 4.69) is 10.1 Å². The maximum absolute atomic E-state index is 12.4. The van der Waals surface area contributed by atoms with E-state index in [4.69, 9.17) is 10.5 Å². The van der Waals surface area contributed by atoms with Gasteiger partial charge in [0.2, 0.25) is 5.91 Å². The van der Waals surface area contributed by atoms with Gasteiger partial charge in [-0.25, -0.2) is 0 Å². The van der Waals surface area contributed by atoms with E-state index in [1.165, 1.54) is 13.2 Å². The van der Waals surface area contributed by atoms with Crippen LogP contribution in [0.4, 0.5) is 8.78 Å². The number of nitrogens with one attached hydrogen (secondary N) is 1. The first kappa shape index (κ1) is 22.4. The summed E-state index contributed by atoms with van der Waals surface area (Å²) in [5.74, 6) is -0.0200. The Morgan fingerprint density at radius 2 is 2.04 bits per heavy atom. The number of alkyl halides is 2.